The Bertz CT molecular complexity index is 1160. The number of phenols is 4. The molecule has 9 N–H and O–H groups in total. The number of aliphatic hydroxyl groups excluding tert-OH is 1. The Balaban J connectivity index is 1.90. The summed E-state index contributed by atoms with van der Waals surface area (Å²) in [5.74, 6) is -3.04. The largest absolute Gasteiger partial charge is 0.504 e. The van der Waals surface area contributed by atoms with E-state index in [-0.39, 0.29) is 35.8 Å². The number of benzene rings is 2. The normalized spacial score (nSPS) is 29.1. The van der Waals surface area contributed by atoms with Crippen molar-refractivity contribution in [2.24, 2.45) is 0 Å². The summed E-state index contributed by atoms with van der Waals surface area (Å²) in [4.78, 5) is 11.7. The smallest absolute Gasteiger partial charge is 0.335 e. The van der Waals surface area contributed by atoms with Crippen molar-refractivity contribution in [3.8, 4) is 23.0 Å². The third-order valence-electron chi connectivity index (χ3n) is 6.38. The number of phenolic OH excluding ortho intramolecular Hbond substituents is 4. The molecule has 1 aliphatic carbocycles. The summed E-state index contributed by atoms with van der Waals surface area (Å²) in [6.07, 6.45) is 1.70. The van der Waals surface area contributed by atoms with Gasteiger partial charge in [0.25, 0.3) is 0 Å². The molecule has 2 aromatic carbocycles. The molecule has 0 bridgehead atoms. The predicted octanol–water partition coefficient (Wildman–Crippen LogP) is 1.45. The number of hydrogen-bond acceptors (Lipinski definition) is 9. The van der Waals surface area contributed by atoms with Crippen molar-refractivity contribution in [1.29, 1.82) is 0 Å². The summed E-state index contributed by atoms with van der Waals surface area (Å²) in [5.41, 5.74) is -6.14. The molecular formula is C25H28O10. The van der Waals surface area contributed by atoms with Gasteiger partial charge in [-0.1, -0.05) is 36.4 Å². The Morgan fingerprint density at radius 3 is 1.77 bits per heavy atom. The van der Waals surface area contributed by atoms with E-state index in [0.717, 1.165) is 0 Å². The first-order chi connectivity index (χ1) is 16.3. The van der Waals surface area contributed by atoms with Crippen LogP contribution in [0, 0.1) is 0 Å². The molecule has 0 amide bonds. The minimum Gasteiger partial charge on any atom is -0.504 e. The van der Waals surface area contributed by atoms with E-state index < -0.39 is 41.7 Å². The van der Waals surface area contributed by atoms with Crippen LogP contribution >= 0.6 is 0 Å². The molecule has 0 saturated heterocycles. The summed E-state index contributed by atoms with van der Waals surface area (Å²) in [7, 11) is 0. The molecule has 10 heteroatoms. The molecule has 0 radical (unpaired) electrons. The van der Waals surface area contributed by atoms with E-state index in [0.29, 0.717) is 11.1 Å². The van der Waals surface area contributed by atoms with Crippen molar-refractivity contribution >= 4 is 18.1 Å². The molecule has 1 fully saturated rings. The summed E-state index contributed by atoms with van der Waals surface area (Å²) in [6, 6.07) is 7.98. The van der Waals surface area contributed by atoms with Crippen LogP contribution in [0.2, 0.25) is 0 Å². The number of rotatable bonds is 7. The number of aliphatic carboxylic acids is 1. The second-order valence-corrected chi connectivity index (χ2v) is 8.90. The van der Waals surface area contributed by atoms with Crippen molar-refractivity contribution in [1.82, 2.24) is 0 Å². The molecule has 35 heavy (non-hydrogen) atoms. The van der Waals surface area contributed by atoms with Gasteiger partial charge in [-0.05, 0) is 48.2 Å². The van der Waals surface area contributed by atoms with Crippen LogP contribution in [0.25, 0.3) is 12.2 Å². The van der Waals surface area contributed by atoms with E-state index in [1.165, 1.54) is 60.7 Å². The van der Waals surface area contributed by atoms with E-state index in [1.54, 1.807) is 0 Å². The first-order valence-corrected chi connectivity index (χ1v) is 10.8. The number of aromatic hydroxyl groups is 4. The van der Waals surface area contributed by atoms with Gasteiger partial charge in [0.15, 0.2) is 28.6 Å². The van der Waals surface area contributed by atoms with Crippen molar-refractivity contribution < 1.29 is 50.8 Å². The third-order valence-corrected chi connectivity index (χ3v) is 6.38. The lowest BCUT2D eigenvalue weighted by Crippen LogP contribution is -2.70. The highest BCUT2D eigenvalue weighted by atomic mass is 16.4. The Labute approximate surface area is 200 Å². The molecule has 10 nitrogen and oxygen atoms in total. The monoisotopic (exact) mass is 488 g/mol. The molecule has 3 rings (SSSR count). The lowest BCUT2D eigenvalue weighted by molar-refractivity contribution is -0.259. The average molecular weight is 488 g/mol. The maximum atomic E-state index is 11.7. The quantitative estimate of drug-likeness (QED) is 0.257. The molecule has 2 unspecified atom stereocenters. The molecule has 0 aromatic heterocycles. The van der Waals surface area contributed by atoms with E-state index in [1.807, 2.05) is 0 Å². The van der Waals surface area contributed by atoms with E-state index in [2.05, 4.69) is 0 Å². The van der Waals surface area contributed by atoms with Crippen molar-refractivity contribution in [3.63, 3.8) is 0 Å². The van der Waals surface area contributed by atoms with Gasteiger partial charge in [0, 0.05) is 12.8 Å². The van der Waals surface area contributed by atoms with Crippen LogP contribution in [0.4, 0.5) is 0 Å². The van der Waals surface area contributed by atoms with Crippen LogP contribution in [0.15, 0.2) is 48.6 Å². The molecule has 4 atom stereocenters. The van der Waals surface area contributed by atoms with Gasteiger partial charge in [-0.3, -0.25) is 0 Å². The van der Waals surface area contributed by atoms with Crippen LogP contribution in [0.1, 0.15) is 36.8 Å². The van der Waals surface area contributed by atoms with Crippen LogP contribution in [-0.2, 0) is 4.79 Å². The molecule has 2 aromatic rings. The zero-order chi connectivity index (χ0) is 26.0. The Morgan fingerprint density at radius 2 is 1.31 bits per heavy atom. The standard InChI is InChI=1S/C25H28O10/c26-17-7-5-15(11-19(17)28)3-1-9-24(34)14-23(33,22(31)32)13-21(30)25(24,35)10-2-4-16-6-8-18(27)20(29)12-16/h1-8,11-12,21,26-30,33-35H,9-10,13-14H2,(H,31,32)/b3-1+,4-2+/t21-,23?,24-,25?/m1/s1. The molecular weight excluding hydrogens is 460 g/mol. The summed E-state index contributed by atoms with van der Waals surface area (Å²) < 4.78 is 0. The number of aliphatic hydroxyl groups is 4. The van der Waals surface area contributed by atoms with Gasteiger partial charge in [-0.25, -0.2) is 4.79 Å². The fraction of sp³-hybridized carbons (Fsp3) is 0.320. The number of carbonyl (C=O) groups is 1. The number of carboxylic acids is 1. The zero-order valence-electron chi connectivity index (χ0n) is 18.6. The Kier molecular flexibility index (Phi) is 7.13. The van der Waals surface area contributed by atoms with E-state index in [4.69, 9.17) is 0 Å². The lowest BCUT2D eigenvalue weighted by Gasteiger charge is -2.53. The average Bonchev–Trinajstić information content (AvgIpc) is 2.77. The van der Waals surface area contributed by atoms with Gasteiger partial charge in [0.1, 0.15) is 11.2 Å². The van der Waals surface area contributed by atoms with Gasteiger partial charge in [0.05, 0.1) is 6.10 Å². The van der Waals surface area contributed by atoms with Crippen LogP contribution in [-0.4, -0.2) is 74.8 Å². The fourth-order valence-corrected chi connectivity index (χ4v) is 4.30. The zero-order valence-corrected chi connectivity index (χ0v) is 18.6. The highest BCUT2D eigenvalue weighted by Crippen LogP contribution is 2.47. The highest BCUT2D eigenvalue weighted by molar-refractivity contribution is 5.77. The second-order valence-electron chi connectivity index (χ2n) is 8.90. The molecule has 188 valence electrons. The topological polar surface area (TPSA) is 199 Å². The molecule has 0 aliphatic heterocycles. The van der Waals surface area contributed by atoms with Gasteiger partial charge in [-0.15, -0.1) is 0 Å². The summed E-state index contributed by atoms with van der Waals surface area (Å²) in [6.45, 7) is 0. The van der Waals surface area contributed by atoms with Gasteiger partial charge in [-0.2, -0.15) is 0 Å². The highest BCUT2D eigenvalue weighted by Gasteiger charge is 2.63. The van der Waals surface area contributed by atoms with Gasteiger partial charge >= 0.3 is 5.97 Å². The summed E-state index contributed by atoms with van der Waals surface area (Å²) in [5, 5.41) is 91.6. The fourth-order valence-electron chi connectivity index (χ4n) is 4.30. The number of hydrogen-bond donors (Lipinski definition) is 9. The maximum absolute atomic E-state index is 11.7. The third kappa shape index (κ3) is 5.25. The van der Waals surface area contributed by atoms with E-state index in [9.17, 15) is 50.8 Å². The van der Waals surface area contributed by atoms with E-state index >= 15 is 0 Å². The summed E-state index contributed by atoms with van der Waals surface area (Å²) >= 11 is 0. The predicted molar refractivity (Wildman–Crippen MR) is 125 cm³/mol. The molecule has 1 saturated carbocycles. The molecule has 0 heterocycles. The Morgan fingerprint density at radius 1 is 0.829 bits per heavy atom. The first kappa shape index (κ1) is 26.0. The molecule has 1 aliphatic rings. The SMILES string of the molecule is O=C(O)C1(O)C[C@@H](O)C(O)(C/C=C/c2ccc(O)c(O)c2)[C@@](O)(C/C=C/c2ccc(O)c(O)c2)C1. The maximum Gasteiger partial charge on any atom is 0.335 e. The van der Waals surface area contributed by atoms with Gasteiger partial charge < -0.3 is 46.0 Å². The van der Waals surface area contributed by atoms with Crippen LogP contribution in [0.5, 0.6) is 23.0 Å². The molecule has 0 spiro atoms. The van der Waals surface area contributed by atoms with Gasteiger partial charge in [0.2, 0.25) is 0 Å². The van der Waals surface area contributed by atoms with Crippen molar-refractivity contribution in [2.75, 3.05) is 0 Å². The van der Waals surface area contributed by atoms with Crippen LogP contribution < -0.4 is 0 Å². The van der Waals surface area contributed by atoms with Crippen LogP contribution in [0.3, 0.4) is 0 Å². The minimum absolute atomic E-state index is 0.320. The second kappa shape index (κ2) is 9.59. The Hall–Kier alpha value is -3.57. The lowest BCUT2D eigenvalue weighted by atomic mass is 9.61. The number of carboxylic acid groups (broad SMARTS) is 1. The first-order valence-electron chi connectivity index (χ1n) is 10.8. The van der Waals surface area contributed by atoms with Crippen molar-refractivity contribution in [2.45, 2.75) is 48.6 Å². The van der Waals surface area contributed by atoms with Crippen molar-refractivity contribution in [3.05, 3.63) is 59.7 Å². The minimum atomic E-state index is -2.49.